The summed E-state index contributed by atoms with van der Waals surface area (Å²) in [6, 6.07) is -2.34. The molecule has 13 heavy (non-hydrogen) atoms. The van der Waals surface area contributed by atoms with Crippen LogP contribution in [-0.4, -0.2) is 32.8 Å². The molecule has 6 nitrogen and oxygen atoms in total. The molecule has 0 amide bonds. The molecule has 0 aliphatic rings. The van der Waals surface area contributed by atoms with Crippen molar-refractivity contribution in [3.8, 4) is 0 Å². The van der Waals surface area contributed by atoms with Crippen molar-refractivity contribution in [2.24, 2.45) is 0 Å². The van der Waals surface area contributed by atoms with Crippen LogP contribution in [0.4, 0.5) is 13.2 Å². The van der Waals surface area contributed by atoms with Crippen LogP contribution in [0.25, 0.3) is 0 Å². The summed E-state index contributed by atoms with van der Waals surface area (Å²) in [5.41, 5.74) is -5.38. The topological polar surface area (TPSA) is 97.7 Å². The van der Waals surface area contributed by atoms with Crippen molar-refractivity contribution in [1.29, 1.82) is 0 Å². The highest BCUT2D eigenvalue weighted by Crippen LogP contribution is 2.24. The Hall–Kier alpha value is -0.390. The molecule has 0 aromatic heterocycles. The van der Waals surface area contributed by atoms with E-state index < -0.39 is 31.7 Å². The predicted octanol–water partition coefficient (Wildman–Crippen LogP) is -0.302. The highest BCUT2D eigenvalue weighted by Gasteiger charge is 2.50. The van der Waals surface area contributed by atoms with Gasteiger partial charge in [0.15, 0.2) is 0 Å². The van der Waals surface area contributed by atoms with Crippen LogP contribution in [0.3, 0.4) is 0 Å². The van der Waals surface area contributed by atoms with Crippen LogP contribution in [0.2, 0.25) is 0 Å². The Morgan fingerprint density at radius 2 is 1.62 bits per heavy atom. The smallest absolute Gasteiger partial charge is 0.279 e. The Morgan fingerprint density at radius 3 is 1.85 bits per heavy atom. The van der Waals surface area contributed by atoms with E-state index in [0.717, 1.165) is 0 Å². The lowest BCUT2D eigenvalue weighted by Crippen LogP contribution is -2.34. The zero-order valence-electron chi connectivity index (χ0n) is 5.65. The summed E-state index contributed by atoms with van der Waals surface area (Å²) in [4.78, 5) is 0. The average molecular weight is 244 g/mol. The van der Waals surface area contributed by atoms with Crippen LogP contribution >= 0.6 is 0 Å². The fourth-order valence-electron chi connectivity index (χ4n) is 0.213. The maximum Gasteiger partial charge on any atom is 0.502 e. The second-order valence-electron chi connectivity index (χ2n) is 1.69. The van der Waals surface area contributed by atoms with Gasteiger partial charge in [-0.15, -0.1) is 0 Å². The van der Waals surface area contributed by atoms with Crippen LogP contribution < -0.4 is 0 Å². The van der Waals surface area contributed by atoms with Gasteiger partial charge in [0.1, 0.15) is 0 Å². The van der Waals surface area contributed by atoms with E-state index in [1.54, 1.807) is 0 Å². The molecule has 0 atom stereocenters. The Labute approximate surface area is 71.2 Å². The molecular formula is C2H3F3O6S2. The molecule has 0 unspecified atom stereocenters. The molecule has 0 aromatic rings. The summed E-state index contributed by atoms with van der Waals surface area (Å²) in [7, 11) is -11.4. The zero-order valence-corrected chi connectivity index (χ0v) is 7.28. The normalized spacial score (nSPS) is 14.5. The van der Waals surface area contributed by atoms with Crippen LogP contribution in [0, 0.1) is 0 Å². The summed E-state index contributed by atoms with van der Waals surface area (Å²) >= 11 is 0. The minimum Gasteiger partial charge on any atom is -0.279 e. The van der Waals surface area contributed by atoms with Gasteiger partial charge in [0, 0.05) is 0 Å². The maximum atomic E-state index is 12.0. The van der Waals surface area contributed by atoms with Gasteiger partial charge in [0.2, 0.25) is 6.01 Å². The molecule has 0 radical (unpaired) electrons. The standard InChI is InChI=1S/C2H3F3O6S2/c3-1-12(6,7)11-2(4,5)13(8,9)10/h1H2,(H,8,9,10). The summed E-state index contributed by atoms with van der Waals surface area (Å²) in [6.07, 6.45) is 0. The van der Waals surface area contributed by atoms with Gasteiger partial charge in [0.05, 0.1) is 0 Å². The SMILES string of the molecule is O=S(=O)(CF)OC(F)(F)S(=O)(=O)O. The molecule has 0 aromatic carbocycles. The molecule has 0 fully saturated rings. The van der Waals surface area contributed by atoms with Crippen LogP contribution in [0.1, 0.15) is 0 Å². The number of alkyl halides is 3. The van der Waals surface area contributed by atoms with Crippen molar-refractivity contribution in [1.82, 2.24) is 0 Å². The van der Waals surface area contributed by atoms with Crippen molar-refractivity contribution in [2.75, 3.05) is 6.01 Å². The van der Waals surface area contributed by atoms with Crippen molar-refractivity contribution in [3.63, 3.8) is 0 Å². The van der Waals surface area contributed by atoms with E-state index in [1.165, 1.54) is 0 Å². The lowest BCUT2D eigenvalue weighted by atomic mass is 11.5. The fraction of sp³-hybridized carbons (Fsp3) is 1.00. The summed E-state index contributed by atoms with van der Waals surface area (Å²) < 4.78 is 85.2. The zero-order chi connectivity index (χ0) is 10.9. The quantitative estimate of drug-likeness (QED) is 0.538. The monoisotopic (exact) mass is 244 g/mol. The van der Waals surface area contributed by atoms with Gasteiger partial charge in [-0.05, 0) is 0 Å². The van der Waals surface area contributed by atoms with Crippen LogP contribution in [0.15, 0.2) is 0 Å². The Kier molecular flexibility index (Phi) is 3.30. The first-order valence-electron chi connectivity index (χ1n) is 2.36. The van der Waals surface area contributed by atoms with Crippen LogP contribution in [0.5, 0.6) is 0 Å². The summed E-state index contributed by atoms with van der Waals surface area (Å²) in [5.74, 6) is 0. The van der Waals surface area contributed by atoms with E-state index in [9.17, 15) is 30.0 Å². The van der Waals surface area contributed by atoms with Gasteiger partial charge in [-0.2, -0.15) is 29.8 Å². The van der Waals surface area contributed by atoms with Crippen molar-refractivity contribution in [2.45, 2.75) is 5.44 Å². The van der Waals surface area contributed by atoms with Gasteiger partial charge in [-0.25, -0.2) is 4.39 Å². The van der Waals surface area contributed by atoms with E-state index in [2.05, 4.69) is 4.18 Å². The highest BCUT2D eigenvalue weighted by atomic mass is 32.2. The number of hydrogen-bond acceptors (Lipinski definition) is 5. The predicted molar refractivity (Wildman–Crippen MR) is 32.5 cm³/mol. The van der Waals surface area contributed by atoms with Gasteiger partial charge in [0.25, 0.3) is 0 Å². The van der Waals surface area contributed by atoms with Crippen molar-refractivity contribution in [3.05, 3.63) is 0 Å². The molecule has 0 saturated heterocycles. The molecule has 11 heteroatoms. The third kappa shape index (κ3) is 3.46. The summed E-state index contributed by atoms with van der Waals surface area (Å²) in [6.45, 7) is 0. The Morgan fingerprint density at radius 1 is 1.23 bits per heavy atom. The van der Waals surface area contributed by atoms with Crippen LogP contribution in [-0.2, 0) is 24.4 Å². The minimum absolute atomic E-state index is 2.34. The van der Waals surface area contributed by atoms with E-state index >= 15 is 0 Å². The molecule has 80 valence electrons. The summed E-state index contributed by atoms with van der Waals surface area (Å²) in [5, 5.41) is 0. The Bertz CT molecular complexity index is 367. The van der Waals surface area contributed by atoms with E-state index in [-0.39, 0.29) is 0 Å². The van der Waals surface area contributed by atoms with Crippen molar-refractivity contribution >= 4 is 20.2 Å². The molecular weight excluding hydrogens is 241 g/mol. The van der Waals surface area contributed by atoms with E-state index in [4.69, 9.17) is 4.55 Å². The largest absolute Gasteiger partial charge is 0.502 e. The van der Waals surface area contributed by atoms with E-state index in [1.807, 2.05) is 0 Å². The second kappa shape index (κ2) is 3.40. The van der Waals surface area contributed by atoms with Crippen molar-refractivity contribution < 1.29 is 38.7 Å². The molecule has 0 saturated carbocycles. The minimum atomic E-state index is -6.05. The Balaban J connectivity index is 4.95. The number of rotatable bonds is 4. The lowest BCUT2D eigenvalue weighted by molar-refractivity contribution is -0.0992. The first-order chi connectivity index (χ1) is 5.52. The van der Waals surface area contributed by atoms with E-state index in [0.29, 0.717) is 0 Å². The molecule has 0 rings (SSSR count). The molecule has 0 aliphatic carbocycles. The maximum absolute atomic E-state index is 12.0. The molecule has 0 aliphatic heterocycles. The first kappa shape index (κ1) is 12.6. The average Bonchev–Trinajstić information content (AvgIpc) is 1.83. The fourth-order valence-corrected chi connectivity index (χ4v) is 1.21. The third-order valence-electron chi connectivity index (χ3n) is 0.658. The first-order valence-corrected chi connectivity index (χ1v) is 5.38. The van der Waals surface area contributed by atoms with Gasteiger partial charge < -0.3 is 0 Å². The molecule has 0 heterocycles. The third-order valence-corrected chi connectivity index (χ3v) is 2.18. The lowest BCUT2D eigenvalue weighted by Gasteiger charge is -2.10. The van der Waals surface area contributed by atoms with Gasteiger partial charge in [-0.1, -0.05) is 0 Å². The highest BCUT2D eigenvalue weighted by molar-refractivity contribution is 7.89. The number of hydrogen-bond donors (Lipinski definition) is 1. The molecule has 1 N–H and O–H groups in total. The second-order valence-corrected chi connectivity index (χ2v) is 4.61. The van der Waals surface area contributed by atoms with Gasteiger partial charge in [-0.3, -0.25) is 4.55 Å². The molecule has 0 bridgehead atoms. The molecule has 0 spiro atoms. The van der Waals surface area contributed by atoms with Gasteiger partial charge >= 0.3 is 25.7 Å². The number of halogens is 3.